The van der Waals surface area contributed by atoms with Crippen molar-refractivity contribution in [3.63, 3.8) is 0 Å². The monoisotopic (exact) mass is 414 g/mol. The average Bonchev–Trinajstić information content (AvgIpc) is 3.08. The van der Waals surface area contributed by atoms with Gasteiger partial charge in [0, 0.05) is 24.2 Å². The molecule has 142 valence electrons. The van der Waals surface area contributed by atoms with E-state index in [4.69, 9.17) is 23.2 Å². The molecule has 1 amide bonds. The molecule has 0 radical (unpaired) electrons. The SMILES string of the molecule is O=C(c1ccc(Cl)cc1Cl)N1CC2CCCN2c2ccc(C(F)(F)F)cc21. The van der Waals surface area contributed by atoms with Crippen LogP contribution in [0.3, 0.4) is 0 Å². The number of carbonyl (C=O) groups is 1. The van der Waals surface area contributed by atoms with Crippen molar-refractivity contribution in [2.24, 2.45) is 0 Å². The Kier molecular flexibility index (Phi) is 4.51. The van der Waals surface area contributed by atoms with Gasteiger partial charge in [-0.2, -0.15) is 13.2 Å². The second-order valence-corrected chi connectivity index (χ2v) is 7.57. The molecule has 4 rings (SSSR count). The Morgan fingerprint density at radius 1 is 1.07 bits per heavy atom. The van der Waals surface area contributed by atoms with Crippen LogP contribution in [-0.4, -0.2) is 25.0 Å². The van der Waals surface area contributed by atoms with E-state index in [-0.39, 0.29) is 22.3 Å². The maximum atomic E-state index is 13.2. The molecule has 27 heavy (non-hydrogen) atoms. The highest BCUT2D eigenvalue weighted by Gasteiger charge is 2.39. The van der Waals surface area contributed by atoms with E-state index in [0.29, 0.717) is 17.3 Å². The Hall–Kier alpha value is -1.92. The quantitative estimate of drug-likeness (QED) is 0.602. The molecule has 2 aliphatic heterocycles. The van der Waals surface area contributed by atoms with Crippen molar-refractivity contribution in [1.29, 1.82) is 0 Å². The lowest BCUT2D eigenvalue weighted by Gasteiger charge is -2.40. The number of rotatable bonds is 1. The van der Waals surface area contributed by atoms with E-state index in [1.165, 1.54) is 23.1 Å². The zero-order valence-electron chi connectivity index (χ0n) is 14.1. The highest BCUT2D eigenvalue weighted by atomic mass is 35.5. The molecule has 0 bridgehead atoms. The summed E-state index contributed by atoms with van der Waals surface area (Å²) >= 11 is 12.1. The summed E-state index contributed by atoms with van der Waals surface area (Å²) in [5.41, 5.74) is 0.351. The smallest absolute Gasteiger partial charge is 0.365 e. The van der Waals surface area contributed by atoms with E-state index in [1.807, 2.05) is 0 Å². The van der Waals surface area contributed by atoms with Crippen molar-refractivity contribution in [1.82, 2.24) is 0 Å². The first-order valence-corrected chi connectivity index (χ1v) is 9.26. The molecule has 1 fully saturated rings. The lowest BCUT2D eigenvalue weighted by Crippen LogP contribution is -2.48. The number of fused-ring (bicyclic) bond motifs is 3. The summed E-state index contributed by atoms with van der Waals surface area (Å²) in [6.45, 7) is 1.10. The van der Waals surface area contributed by atoms with Gasteiger partial charge in [-0.05, 0) is 49.2 Å². The van der Waals surface area contributed by atoms with Crippen LogP contribution in [0.1, 0.15) is 28.8 Å². The van der Waals surface area contributed by atoms with Gasteiger partial charge in [0.2, 0.25) is 0 Å². The van der Waals surface area contributed by atoms with Crippen molar-refractivity contribution in [2.45, 2.75) is 25.1 Å². The summed E-state index contributed by atoms with van der Waals surface area (Å²) in [6, 6.07) is 8.16. The largest absolute Gasteiger partial charge is 0.416 e. The fourth-order valence-corrected chi connectivity index (χ4v) is 4.30. The van der Waals surface area contributed by atoms with Crippen LogP contribution in [0.25, 0.3) is 0 Å². The molecular weight excluding hydrogens is 400 g/mol. The van der Waals surface area contributed by atoms with Crippen LogP contribution in [0, 0.1) is 0 Å². The topological polar surface area (TPSA) is 23.6 Å². The number of alkyl halides is 3. The van der Waals surface area contributed by atoms with E-state index in [2.05, 4.69) is 4.90 Å². The number of anilines is 2. The Bertz CT molecular complexity index is 916. The van der Waals surface area contributed by atoms with Gasteiger partial charge < -0.3 is 9.80 Å². The Morgan fingerprint density at radius 3 is 2.56 bits per heavy atom. The Morgan fingerprint density at radius 2 is 1.85 bits per heavy atom. The van der Waals surface area contributed by atoms with Gasteiger partial charge in [-0.25, -0.2) is 0 Å². The highest BCUT2D eigenvalue weighted by molar-refractivity contribution is 6.37. The summed E-state index contributed by atoms with van der Waals surface area (Å²) in [4.78, 5) is 16.6. The van der Waals surface area contributed by atoms with E-state index < -0.39 is 17.6 Å². The van der Waals surface area contributed by atoms with Gasteiger partial charge in [0.15, 0.2) is 0 Å². The van der Waals surface area contributed by atoms with Crippen molar-refractivity contribution < 1.29 is 18.0 Å². The molecule has 2 heterocycles. The molecule has 3 nitrogen and oxygen atoms in total. The van der Waals surface area contributed by atoms with Crippen LogP contribution in [0.4, 0.5) is 24.5 Å². The van der Waals surface area contributed by atoms with Gasteiger partial charge in [-0.3, -0.25) is 4.79 Å². The first-order chi connectivity index (χ1) is 12.8. The van der Waals surface area contributed by atoms with Crippen LogP contribution < -0.4 is 9.80 Å². The van der Waals surface area contributed by atoms with Crippen LogP contribution in [0.5, 0.6) is 0 Å². The Labute approximate surface area is 164 Å². The highest BCUT2D eigenvalue weighted by Crippen LogP contribution is 2.43. The molecule has 8 heteroatoms. The maximum absolute atomic E-state index is 13.2. The van der Waals surface area contributed by atoms with Gasteiger partial charge >= 0.3 is 6.18 Å². The number of amides is 1. The lowest BCUT2D eigenvalue weighted by molar-refractivity contribution is -0.137. The second-order valence-electron chi connectivity index (χ2n) is 6.73. The number of benzene rings is 2. The number of nitrogens with zero attached hydrogens (tertiary/aromatic N) is 2. The van der Waals surface area contributed by atoms with Crippen LogP contribution >= 0.6 is 23.2 Å². The van der Waals surface area contributed by atoms with E-state index in [1.54, 1.807) is 6.07 Å². The van der Waals surface area contributed by atoms with Gasteiger partial charge in [0.1, 0.15) is 0 Å². The molecule has 1 saturated heterocycles. The minimum Gasteiger partial charge on any atom is -0.365 e. The van der Waals surface area contributed by atoms with Gasteiger partial charge in [-0.1, -0.05) is 23.2 Å². The molecule has 0 aromatic heterocycles. The zero-order chi connectivity index (χ0) is 19.3. The third-order valence-electron chi connectivity index (χ3n) is 5.08. The van der Waals surface area contributed by atoms with Crippen molar-refractivity contribution in [2.75, 3.05) is 22.9 Å². The van der Waals surface area contributed by atoms with E-state index in [0.717, 1.165) is 31.5 Å². The predicted octanol–water partition coefficient (Wildman–Crippen LogP) is 5.64. The average molecular weight is 415 g/mol. The summed E-state index contributed by atoms with van der Waals surface area (Å²) in [6.07, 6.45) is -2.66. The van der Waals surface area contributed by atoms with Crippen molar-refractivity contribution in [3.05, 3.63) is 57.6 Å². The fraction of sp³-hybridized carbons (Fsp3) is 0.316. The summed E-state index contributed by atoms with van der Waals surface area (Å²) in [5, 5.41) is 0.562. The number of hydrogen-bond donors (Lipinski definition) is 0. The third kappa shape index (κ3) is 3.25. The predicted molar refractivity (Wildman–Crippen MR) is 100.0 cm³/mol. The standard InChI is InChI=1S/C19H15Cl2F3N2O/c20-12-4-5-14(15(21)9-12)18(27)26-10-13-2-1-7-25(13)16-6-3-11(8-17(16)26)19(22,23)24/h3-6,8-9,13H,1-2,7,10H2. The summed E-state index contributed by atoms with van der Waals surface area (Å²) in [5.74, 6) is -0.427. The fourth-order valence-electron chi connectivity index (χ4n) is 3.81. The zero-order valence-corrected chi connectivity index (χ0v) is 15.6. The molecule has 2 aliphatic rings. The summed E-state index contributed by atoms with van der Waals surface area (Å²) < 4.78 is 39.7. The number of carbonyl (C=O) groups excluding carboxylic acids is 1. The van der Waals surface area contributed by atoms with Crippen molar-refractivity contribution in [3.8, 4) is 0 Å². The molecule has 0 aliphatic carbocycles. The molecule has 1 unspecified atom stereocenters. The Balaban J connectivity index is 1.81. The van der Waals surface area contributed by atoms with E-state index in [9.17, 15) is 18.0 Å². The molecular formula is C19H15Cl2F3N2O. The first-order valence-electron chi connectivity index (χ1n) is 8.50. The van der Waals surface area contributed by atoms with Gasteiger partial charge in [0.25, 0.3) is 5.91 Å². The first kappa shape index (κ1) is 18.4. The van der Waals surface area contributed by atoms with Crippen LogP contribution in [-0.2, 0) is 6.18 Å². The van der Waals surface area contributed by atoms with Crippen LogP contribution in [0.2, 0.25) is 10.0 Å². The van der Waals surface area contributed by atoms with Gasteiger partial charge in [0.05, 0.1) is 27.5 Å². The minimum atomic E-state index is -4.48. The molecule has 2 aromatic carbocycles. The minimum absolute atomic E-state index is 0.0873. The molecule has 0 saturated carbocycles. The van der Waals surface area contributed by atoms with Crippen LogP contribution in [0.15, 0.2) is 36.4 Å². The maximum Gasteiger partial charge on any atom is 0.416 e. The molecule has 1 atom stereocenters. The van der Waals surface area contributed by atoms with Gasteiger partial charge in [-0.15, -0.1) is 0 Å². The second kappa shape index (κ2) is 6.60. The van der Waals surface area contributed by atoms with E-state index >= 15 is 0 Å². The third-order valence-corrected chi connectivity index (χ3v) is 5.63. The normalized spacial score (nSPS) is 19.1. The number of hydrogen-bond acceptors (Lipinski definition) is 2. The molecule has 0 N–H and O–H groups in total. The lowest BCUT2D eigenvalue weighted by atomic mass is 10.0. The molecule has 2 aromatic rings. The summed E-state index contributed by atoms with van der Waals surface area (Å²) in [7, 11) is 0. The van der Waals surface area contributed by atoms with Crippen molar-refractivity contribution >= 4 is 40.5 Å². The number of halogens is 5. The molecule has 0 spiro atoms.